The number of carboxylic acids is 1. The lowest BCUT2D eigenvalue weighted by molar-refractivity contribution is 0.0689. The standard InChI is InChI=1S/C23H24BrClN4O2/c1-13(2)29-21(20(22(30)31)28-23(29)24)19(16-6-8-17(25)9-7-16)27-18-10-5-15(12-26-4)11-14(18)3/h5-11,13,19,27H,4,12H2,1-3H3,(H,30,31). The van der Waals surface area contributed by atoms with E-state index in [0.717, 1.165) is 22.4 Å². The molecule has 1 aromatic heterocycles. The number of nitrogens with one attached hydrogen (secondary N) is 1. The molecule has 2 N–H and O–H groups in total. The first kappa shape index (κ1) is 23.0. The molecule has 1 heterocycles. The molecule has 0 saturated heterocycles. The smallest absolute Gasteiger partial charge is 0.356 e. The second-order valence-corrected chi connectivity index (χ2v) is 8.69. The Morgan fingerprint density at radius 2 is 1.97 bits per heavy atom. The maximum absolute atomic E-state index is 12.1. The van der Waals surface area contributed by atoms with Crippen molar-refractivity contribution in [3.05, 3.63) is 80.3 Å². The van der Waals surface area contributed by atoms with Crippen molar-refractivity contribution in [1.29, 1.82) is 0 Å². The molecule has 0 spiro atoms. The van der Waals surface area contributed by atoms with E-state index in [0.29, 0.717) is 22.0 Å². The van der Waals surface area contributed by atoms with Gasteiger partial charge in [0.05, 0.1) is 18.3 Å². The number of imidazole rings is 1. The normalized spacial score (nSPS) is 12.1. The molecule has 1 atom stereocenters. The van der Waals surface area contributed by atoms with E-state index in [2.05, 4.69) is 37.9 Å². The first-order chi connectivity index (χ1) is 14.7. The third-order valence-electron chi connectivity index (χ3n) is 4.99. The van der Waals surface area contributed by atoms with Gasteiger partial charge in [-0.25, -0.2) is 9.78 Å². The number of anilines is 1. The molecule has 3 rings (SSSR count). The summed E-state index contributed by atoms with van der Waals surface area (Å²) >= 11 is 9.55. The van der Waals surface area contributed by atoms with E-state index >= 15 is 0 Å². The molecule has 3 aromatic rings. The molecule has 0 aliphatic carbocycles. The number of benzene rings is 2. The summed E-state index contributed by atoms with van der Waals surface area (Å²) in [7, 11) is 0. The summed E-state index contributed by atoms with van der Waals surface area (Å²) in [5, 5.41) is 14.0. The summed E-state index contributed by atoms with van der Waals surface area (Å²) < 4.78 is 2.36. The molecule has 0 radical (unpaired) electrons. The van der Waals surface area contributed by atoms with Crippen molar-refractivity contribution >= 4 is 45.9 Å². The monoisotopic (exact) mass is 502 g/mol. The number of aromatic nitrogens is 2. The van der Waals surface area contributed by atoms with Gasteiger partial charge in [0, 0.05) is 16.8 Å². The van der Waals surface area contributed by atoms with E-state index < -0.39 is 12.0 Å². The van der Waals surface area contributed by atoms with Crippen LogP contribution in [-0.2, 0) is 6.54 Å². The van der Waals surface area contributed by atoms with Crippen LogP contribution in [0.4, 0.5) is 5.69 Å². The van der Waals surface area contributed by atoms with Crippen LogP contribution < -0.4 is 5.32 Å². The van der Waals surface area contributed by atoms with Gasteiger partial charge in [0.2, 0.25) is 0 Å². The van der Waals surface area contributed by atoms with Crippen molar-refractivity contribution in [2.75, 3.05) is 5.32 Å². The predicted molar refractivity (Wildman–Crippen MR) is 129 cm³/mol. The zero-order chi connectivity index (χ0) is 22.7. The van der Waals surface area contributed by atoms with Crippen LogP contribution in [0.15, 0.2) is 52.2 Å². The maximum atomic E-state index is 12.1. The van der Waals surface area contributed by atoms with Gasteiger partial charge >= 0.3 is 5.97 Å². The number of hydrogen-bond donors (Lipinski definition) is 2. The molecular weight excluding hydrogens is 480 g/mol. The maximum Gasteiger partial charge on any atom is 0.356 e. The molecule has 31 heavy (non-hydrogen) atoms. The average molecular weight is 504 g/mol. The van der Waals surface area contributed by atoms with E-state index in [-0.39, 0.29) is 11.7 Å². The van der Waals surface area contributed by atoms with Crippen LogP contribution in [0.1, 0.15) is 58.8 Å². The lowest BCUT2D eigenvalue weighted by Gasteiger charge is -2.25. The van der Waals surface area contributed by atoms with Crippen molar-refractivity contribution in [1.82, 2.24) is 9.55 Å². The molecule has 0 amide bonds. The lowest BCUT2D eigenvalue weighted by Crippen LogP contribution is -2.21. The predicted octanol–water partition coefficient (Wildman–Crippen LogP) is 6.29. The quantitative estimate of drug-likeness (QED) is 0.354. The molecule has 0 aliphatic rings. The zero-order valence-electron chi connectivity index (χ0n) is 17.6. The molecule has 0 saturated carbocycles. The largest absolute Gasteiger partial charge is 0.476 e. The Bertz CT molecular complexity index is 1110. The Kier molecular flexibility index (Phi) is 7.18. The fourth-order valence-corrected chi connectivity index (χ4v) is 4.48. The summed E-state index contributed by atoms with van der Waals surface area (Å²) in [6.45, 7) is 10.1. The number of carbonyl (C=O) groups is 1. The number of aliphatic imine (C=N–C) groups is 1. The molecule has 1 unspecified atom stereocenters. The minimum atomic E-state index is -1.08. The topological polar surface area (TPSA) is 79.5 Å². The molecule has 0 fully saturated rings. The molecule has 0 bridgehead atoms. The van der Waals surface area contributed by atoms with Gasteiger partial charge in [-0.2, -0.15) is 0 Å². The van der Waals surface area contributed by atoms with Crippen LogP contribution >= 0.6 is 27.5 Å². The Balaban J connectivity index is 2.19. The van der Waals surface area contributed by atoms with Gasteiger partial charge in [0.25, 0.3) is 0 Å². The van der Waals surface area contributed by atoms with Gasteiger partial charge in [-0.05, 0) is 78.3 Å². The second kappa shape index (κ2) is 9.66. The van der Waals surface area contributed by atoms with Gasteiger partial charge in [-0.15, -0.1) is 0 Å². The van der Waals surface area contributed by atoms with Crippen molar-refractivity contribution in [2.45, 2.75) is 39.4 Å². The van der Waals surface area contributed by atoms with Crippen LogP contribution in [0, 0.1) is 6.92 Å². The lowest BCUT2D eigenvalue weighted by atomic mass is 9.99. The van der Waals surface area contributed by atoms with Crippen molar-refractivity contribution in [3.8, 4) is 0 Å². The van der Waals surface area contributed by atoms with Crippen LogP contribution in [0.25, 0.3) is 0 Å². The highest BCUT2D eigenvalue weighted by Gasteiger charge is 2.30. The fraction of sp³-hybridized carbons (Fsp3) is 0.261. The van der Waals surface area contributed by atoms with Crippen LogP contribution in [-0.4, -0.2) is 27.3 Å². The first-order valence-electron chi connectivity index (χ1n) is 9.77. The Labute approximate surface area is 195 Å². The summed E-state index contributed by atoms with van der Waals surface area (Å²) in [5.74, 6) is -1.08. The van der Waals surface area contributed by atoms with Crippen molar-refractivity contribution < 1.29 is 9.90 Å². The zero-order valence-corrected chi connectivity index (χ0v) is 19.9. The molecule has 162 valence electrons. The number of rotatable bonds is 8. The summed E-state index contributed by atoms with van der Waals surface area (Å²) in [6, 6.07) is 12.9. The SMILES string of the molecule is C=NCc1ccc(NC(c2ccc(Cl)cc2)c2c(C(=O)O)nc(Br)n2C(C)C)c(C)c1. The summed E-state index contributed by atoms with van der Waals surface area (Å²) in [6.07, 6.45) is 0. The number of hydrogen-bond acceptors (Lipinski definition) is 4. The van der Waals surface area contributed by atoms with Gasteiger partial charge in [-0.3, -0.25) is 4.99 Å². The Hall–Kier alpha value is -2.64. The van der Waals surface area contributed by atoms with Crippen LogP contribution in [0.5, 0.6) is 0 Å². The van der Waals surface area contributed by atoms with E-state index in [9.17, 15) is 9.90 Å². The number of carboxylic acid groups (broad SMARTS) is 1. The highest BCUT2D eigenvalue weighted by molar-refractivity contribution is 9.10. The minimum absolute atomic E-state index is 0.00171. The van der Waals surface area contributed by atoms with E-state index in [4.69, 9.17) is 11.6 Å². The van der Waals surface area contributed by atoms with Crippen LogP contribution in [0.2, 0.25) is 5.02 Å². The second-order valence-electron chi connectivity index (χ2n) is 7.54. The summed E-state index contributed by atoms with van der Waals surface area (Å²) in [4.78, 5) is 20.3. The fourth-order valence-electron chi connectivity index (χ4n) is 3.58. The van der Waals surface area contributed by atoms with E-state index in [1.807, 2.05) is 55.7 Å². The van der Waals surface area contributed by atoms with Gasteiger partial charge in [0.15, 0.2) is 10.4 Å². The van der Waals surface area contributed by atoms with Gasteiger partial charge < -0.3 is 15.0 Å². The van der Waals surface area contributed by atoms with Gasteiger partial charge in [-0.1, -0.05) is 35.9 Å². The Morgan fingerprint density at radius 3 is 2.52 bits per heavy atom. The molecule has 8 heteroatoms. The number of aromatic carboxylic acids is 1. The molecule has 2 aromatic carbocycles. The molecule has 6 nitrogen and oxygen atoms in total. The van der Waals surface area contributed by atoms with E-state index in [1.54, 1.807) is 12.1 Å². The van der Waals surface area contributed by atoms with Gasteiger partial charge in [0.1, 0.15) is 0 Å². The molecular formula is C23H24BrClN4O2. The third kappa shape index (κ3) is 4.99. The highest BCUT2D eigenvalue weighted by Crippen LogP contribution is 2.35. The third-order valence-corrected chi connectivity index (χ3v) is 5.80. The average Bonchev–Trinajstić information content (AvgIpc) is 3.06. The number of nitrogens with zero attached hydrogens (tertiary/aromatic N) is 3. The summed E-state index contributed by atoms with van der Waals surface area (Å²) in [5.41, 5.74) is 4.40. The minimum Gasteiger partial charge on any atom is -0.476 e. The van der Waals surface area contributed by atoms with Crippen molar-refractivity contribution in [2.24, 2.45) is 4.99 Å². The van der Waals surface area contributed by atoms with Crippen LogP contribution in [0.3, 0.4) is 0 Å². The molecule has 0 aliphatic heterocycles. The first-order valence-corrected chi connectivity index (χ1v) is 10.9. The van der Waals surface area contributed by atoms with E-state index in [1.165, 1.54) is 0 Å². The highest BCUT2D eigenvalue weighted by atomic mass is 79.9. The van der Waals surface area contributed by atoms with Crippen molar-refractivity contribution in [3.63, 3.8) is 0 Å². The Morgan fingerprint density at radius 1 is 1.29 bits per heavy atom. The number of halogens is 2. The number of aryl methyl sites for hydroxylation is 1.